The summed E-state index contributed by atoms with van der Waals surface area (Å²) >= 11 is 0. The zero-order valence-electron chi connectivity index (χ0n) is 7.80. The quantitative estimate of drug-likeness (QED) is 0.405. The minimum atomic E-state index is -0.937. The van der Waals surface area contributed by atoms with E-state index < -0.39 is 17.5 Å². The Morgan fingerprint density at radius 3 is 2.71 bits per heavy atom. The Balaban J connectivity index is 3.47. The van der Waals surface area contributed by atoms with E-state index in [1.807, 2.05) is 0 Å². The summed E-state index contributed by atoms with van der Waals surface area (Å²) in [5.41, 5.74) is 5.59. The van der Waals surface area contributed by atoms with Crippen molar-refractivity contribution in [2.75, 3.05) is 12.8 Å². The number of carbonyl (C=O) groups excluding carboxylic acids is 1. The summed E-state index contributed by atoms with van der Waals surface area (Å²) in [7, 11) is 1.14. The fourth-order valence-electron chi connectivity index (χ4n) is 1.11. The third-order valence-corrected chi connectivity index (χ3v) is 1.94. The smallest absolute Gasteiger partial charge is 0.342 e. The number of phenolic OH excluding ortho intramolecular Hbond substituents is 1. The van der Waals surface area contributed by atoms with E-state index in [0.29, 0.717) is 5.56 Å². The maximum atomic E-state index is 13.0. The van der Waals surface area contributed by atoms with Gasteiger partial charge in [0.05, 0.1) is 7.11 Å². The zero-order valence-corrected chi connectivity index (χ0v) is 7.80. The van der Waals surface area contributed by atoms with Crippen molar-refractivity contribution in [3.8, 4) is 5.75 Å². The van der Waals surface area contributed by atoms with Crippen molar-refractivity contribution in [2.24, 2.45) is 0 Å². The van der Waals surface area contributed by atoms with Crippen LogP contribution in [0.15, 0.2) is 6.07 Å². The van der Waals surface area contributed by atoms with Gasteiger partial charge in [0, 0.05) is 11.8 Å². The Morgan fingerprint density at radius 1 is 1.64 bits per heavy atom. The molecule has 0 atom stereocenters. The van der Waals surface area contributed by atoms with Crippen molar-refractivity contribution in [1.29, 1.82) is 0 Å². The van der Waals surface area contributed by atoms with Gasteiger partial charge in [-0.05, 0) is 12.5 Å². The summed E-state index contributed by atoms with van der Waals surface area (Å²) in [4.78, 5) is 11.2. The number of hydrogen-bond acceptors (Lipinski definition) is 4. The van der Waals surface area contributed by atoms with Crippen LogP contribution in [0.3, 0.4) is 0 Å². The van der Waals surface area contributed by atoms with Gasteiger partial charge in [0.2, 0.25) is 0 Å². The number of ether oxygens (including phenoxy) is 1. The van der Waals surface area contributed by atoms with E-state index in [2.05, 4.69) is 4.74 Å². The van der Waals surface area contributed by atoms with Crippen LogP contribution in [-0.2, 0) is 4.74 Å². The molecule has 0 aliphatic carbocycles. The molecule has 5 heteroatoms. The van der Waals surface area contributed by atoms with Crippen LogP contribution in [0.5, 0.6) is 5.75 Å². The maximum absolute atomic E-state index is 13.0. The van der Waals surface area contributed by atoms with Crippen LogP contribution < -0.4 is 5.73 Å². The molecule has 76 valence electrons. The van der Waals surface area contributed by atoms with Crippen molar-refractivity contribution < 1.29 is 19.0 Å². The molecule has 0 heterocycles. The van der Waals surface area contributed by atoms with Crippen LogP contribution in [0.1, 0.15) is 15.9 Å². The van der Waals surface area contributed by atoms with Crippen LogP contribution in [-0.4, -0.2) is 18.2 Å². The molecule has 0 saturated heterocycles. The number of rotatable bonds is 1. The summed E-state index contributed by atoms with van der Waals surface area (Å²) in [5, 5.41) is 9.27. The lowest BCUT2D eigenvalue weighted by Crippen LogP contribution is -2.07. The summed E-state index contributed by atoms with van der Waals surface area (Å²) in [6, 6.07) is 0.955. The first kappa shape index (κ1) is 10.3. The average Bonchev–Trinajstić information content (AvgIpc) is 2.15. The van der Waals surface area contributed by atoms with Crippen LogP contribution in [0, 0.1) is 12.7 Å². The molecule has 0 saturated carbocycles. The number of halogens is 1. The molecule has 0 unspecified atom stereocenters. The monoisotopic (exact) mass is 199 g/mol. The zero-order chi connectivity index (χ0) is 10.9. The van der Waals surface area contributed by atoms with E-state index in [-0.39, 0.29) is 11.3 Å². The standard InChI is InChI=1S/C9H10FNO3/c1-4-6(11)3-5(10)8(12)7(4)9(13)14-2/h3,12H,11H2,1-2H3. The Bertz CT molecular complexity index is 364. The highest BCUT2D eigenvalue weighted by molar-refractivity contribution is 5.95. The number of nitrogen functional groups attached to an aromatic ring is 1. The van der Waals surface area contributed by atoms with Crippen LogP contribution in [0.4, 0.5) is 10.1 Å². The molecule has 0 aromatic heterocycles. The highest BCUT2D eigenvalue weighted by Gasteiger charge is 2.20. The molecule has 0 amide bonds. The molecule has 1 rings (SSSR count). The Labute approximate surface area is 80.1 Å². The van der Waals surface area contributed by atoms with Crippen molar-refractivity contribution in [2.45, 2.75) is 6.92 Å². The molecule has 4 nitrogen and oxygen atoms in total. The molecule has 0 aliphatic heterocycles. The SMILES string of the molecule is COC(=O)c1c(C)c(N)cc(F)c1O. The maximum Gasteiger partial charge on any atom is 0.342 e. The van der Waals surface area contributed by atoms with Gasteiger partial charge >= 0.3 is 5.97 Å². The van der Waals surface area contributed by atoms with E-state index in [1.54, 1.807) is 0 Å². The first-order chi connectivity index (χ1) is 6.49. The Hall–Kier alpha value is -1.78. The molecule has 14 heavy (non-hydrogen) atoms. The van der Waals surface area contributed by atoms with Gasteiger partial charge in [-0.3, -0.25) is 0 Å². The minimum Gasteiger partial charge on any atom is -0.504 e. The molecule has 3 N–H and O–H groups in total. The number of hydrogen-bond donors (Lipinski definition) is 2. The molecular formula is C9H10FNO3. The normalized spacial score (nSPS) is 9.93. The largest absolute Gasteiger partial charge is 0.504 e. The van der Waals surface area contributed by atoms with E-state index >= 15 is 0 Å². The average molecular weight is 199 g/mol. The second kappa shape index (κ2) is 3.53. The van der Waals surface area contributed by atoms with Gasteiger partial charge in [-0.1, -0.05) is 0 Å². The van der Waals surface area contributed by atoms with Gasteiger partial charge in [0.25, 0.3) is 0 Å². The van der Waals surface area contributed by atoms with Gasteiger partial charge < -0.3 is 15.6 Å². The van der Waals surface area contributed by atoms with Crippen molar-refractivity contribution >= 4 is 11.7 Å². The number of phenols is 1. The van der Waals surface area contributed by atoms with E-state index in [9.17, 15) is 14.3 Å². The Kier molecular flexibility index (Phi) is 2.60. The van der Waals surface area contributed by atoms with E-state index in [1.165, 1.54) is 6.92 Å². The van der Waals surface area contributed by atoms with Crippen LogP contribution >= 0.6 is 0 Å². The fraction of sp³-hybridized carbons (Fsp3) is 0.222. The second-order valence-corrected chi connectivity index (χ2v) is 2.79. The second-order valence-electron chi connectivity index (χ2n) is 2.79. The number of methoxy groups -OCH3 is 1. The minimum absolute atomic E-state index is 0.0979. The molecule has 1 aromatic carbocycles. The van der Waals surface area contributed by atoms with Crippen LogP contribution in [0.25, 0.3) is 0 Å². The molecule has 0 spiro atoms. The van der Waals surface area contributed by atoms with Crippen molar-refractivity contribution in [1.82, 2.24) is 0 Å². The summed E-state index contributed by atoms with van der Waals surface area (Å²) in [6.07, 6.45) is 0. The molecule has 0 bridgehead atoms. The number of anilines is 1. The third-order valence-electron chi connectivity index (χ3n) is 1.94. The molecule has 1 aromatic rings. The highest BCUT2D eigenvalue weighted by atomic mass is 19.1. The molecule has 0 radical (unpaired) electrons. The fourth-order valence-corrected chi connectivity index (χ4v) is 1.11. The van der Waals surface area contributed by atoms with Gasteiger partial charge in [-0.25, -0.2) is 9.18 Å². The molecule has 0 aliphatic rings. The Morgan fingerprint density at radius 2 is 2.21 bits per heavy atom. The number of carbonyl (C=O) groups is 1. The topological polar surface area (TPSA) is 72.5 Å². The predicted octanol–water partition coefficient (Wildman–Crippen LogP) is 1.21. The lowest BCUT2D eigenvalue weighted by Gasteiger charge is -2.09. The summed E-state index contributed by atoms with van der Waals surface area (Å²) in [6.45, 7) is 1.50. The van der Waals surface area contributed by atoms with Crippen LogP contribution in [0.2, 0.25) is 0 Å². The first-order valence-corrected chi connectivity index (χ1v) is 3.85. The van der Waals surface area contributed by atoms with Gasteiger partial charge in [0.15, 0.2) is 11.6 Å². The van der Waals surface area contributed by atoms with Gasteiger partial charge in [-0.2, -0.15) is 0 Å². The summed E-state index contributed by atoms with van der Waals surface area (Å²) in [5.74, 6) is -2.48. The highest BCUT2D eigenvalue weighted by Crippen LogP contribution is 2.29. The van der Waals surface area contributed by atoms with Gasteiger partial charge in [-0.15, -0.1) is 0 Å². The lowest BCUT2D eigenvalue weighted by molar-refractivity contribution is 0.0595. The van der Waals surface area contributed by atoms with Crippen molar-refractivity contribution in [3.63, 3.8) is 0 Å². The lowest BCUT2D eigenvalue weighted by atomic mass is 10.1. The number of nitrogens with two attached hydrogens (primary N) is 1. The predicted molar refractivity (Wildman–Crippen MR) is 48.6 cm³/mol. The number of esters is 1. The third kappa shape index (κ3) is 1.48. The van der Waals surface area contributed by atoms with Crippen molar-refractivity contribution in [3.05, 3.63) is 23.0 Å². The number of benzene rings is 1. The summed E-state index contributed by atoms with van der Waals surface area (Å²) < 4.78 is 17.4. The number of aromatic hydroxyl groups is 1. The molecule has 0 fully saturated rings. The first-order valence-electron chi connectivity index (χ1n) is 3.85. The van der Waals surface area contributed by atoms with Gasteiger partial charge in [0.1, 0.15) is 5.56 Å². The van der Waals surface area contributed by atoms with E-state index in [4.69, 9.17) is 5.73 Å². The van der Waals surface area contributed by atoms with E-state index in [0.717, 1.165) is 13.2 Å². The molecular weight excluding hydrogens is 189 g/mol.